The van der Waals surface area contributed by atoms with Gasteiger partial charge in [-0.15, -0.1) is 0 Å². The molecule has 0 aromatic rings. The molecule has 4 N–H and O–H groups in total. The van der Waals surface area contributed by atoms with Crippen LogP contribution in [-0.4, -0.2) is 76.9 Å². The van der Waals surface area contributed by atoms with Gasteiger partial charge >= 0.3 is 12.4 Å². The first-order valence-corrected chi connectivity index (χ1v) is 7.24. The summed E-state index contributed by atoms with van der Waals surface area (Å²) in [6, 6.07) is 0. The van der Waals surface area contributed by atoms with E-state index in [0.29, 0.717) is 0 Å². The Morgan fingerprint density at radius 1 is 0.654 bits per heavy atom. The molecule has 0 amide bonds. The lowest BCUT2D eigenvalue weighted by Gasteiger charge is -2.07. The molecule has 0 aromatic carbocycles. The molecule has 8 nitrogen and oxygen atoms in total. The summed E-state index contributed by atoms with van der Waals surface area (Å²) < 4.78 is 73.2. The molecule has 2 saturated heterocycles. The average Bonchev–Trinajstić information content (AvgIpc) is 2.58. The van der Waals surface area contributed by atoms with Gasteiger partial charge in [-0.1, -0.05) is 0 Å². The van der Waals surface area contributed by atoms with Crippen molar-refractivity contribution in [3.05, 3.63) is 0 Å². The number of hydrogen-bond acceptors (Lipinski definition) is 6. The van der Waals surface area contributed by atoms with Crippen LogP contribution in [0, 0.1) is 0 Å². The van der Waals surface area contributed by atoms with Crippen LogP contribution >= 0.6 is 0 Å². The van der Waals surface area contributed by atoms with Gasteiger partial charge in [0.25, 0.3) is 0 Å². The van der Waals surface area contributed by atoms with Crippen molar-refractivity contribution in [1.82, 2.24) is 0 Å². The fourth-order valence-electron chi connectivity index (χ4n) is 1.16. The van der Waals surface area contributed by atoms with Gasteiger partial charge in [-0.05, 0) is 0 Å². The molecule has 14 heteroatoms. The van der Waals surface area contributed by atoms with Gasteiger partial charge in [-0.3, -0.25) is 0 Å². The topological polar surface area (TPSA) is 132 Å². The maximum absolute atomic E-state index is 10.5. The van der Waals surface area contributed by atoms with E-state index < -0.39 is 24.3 Å². The molecule has 2 heterocycles. The highest BCUT2D eigenvalue weighted by Gasteiger charge is 2.29. The van der Waals surface area contributed by atoms with Crippen molar-refractivity contribution in [3.63, 3.8) is 0 Å². The highest BCUT2D eigenvalue weighted by atomic mass is 19.4. The van der Waals surface area contributed by atoms with Crippen molar-refractivity contribution in [2.75, 3.05) is 52.6 Å². The van der Waals surface area contributed by atoms with E-state index in [1.165, 1.54) is 0 Å². The Hall–Kier alpha value is -1.64. The Labute approximate surface area is 144 Å². The Kier molecular flexibility index (Phi) is 14.8. The minimum Gasteiger partial charge on any atom is -0.542 e. The van der Waals surface area contributed by atoms with Crippen LogP contribution in [-0.2, 0) is 19.1 Å². The van der Waals surface area contributed by atoms with Gasteiger partial charge in [-0.2, -0.15) is 26.3 Å². The number of carbonyl (C=O) groups excluding carboxylic acids is 2. The fourth-order valence-corrected chi connectivity index (χ4v) is 1.16. The van der Waals surface area contributed by atoms with Gasteiger partial charge in [-0.25, -0.2) is 0 Å². The third-order valence-electron chi connectivity index (χ3n) is 2.33. The van der Waals surface area contributed by atoms with E-state index in [1.807, 2.05) is 0 Å². The third kappa shape index (κ3) is 20.4. The van der Waals surface area contributed by atoms with Gasteiger partial charge in [0.2, 0.25) is 0 Å². The molecule has 2 aliphatic heterocycles. The molecular formula is C12H20F6N2O6. The molecule has 2 rings (SSSR count). The van der Waals surface area contributed by atoms with Crippen molar-refractivity contribution in [2.24, 2.45) is 0 Å². The predicted octanol–water partition coefficient (Wildman–Crippen LogP) is -4.24. The largest absolute Gasteiger partial charge is 0.542 e. The first-order chi connectivity index (χ1) is 11.9. The number of halogens is 6. The summed E-state index contributed by atoms with van der Waals surface area (Å²) in [5, 5.41) is 22.1. The van der Waals surface area contributed by atoms with Crippen LogP contribution < -0.4 is 20.8 Å². The Balaban J connectivity index is 0. The molecular weight excluding hydrogens is 382 g/mol. The zero-order chi connectivity index (χ0) is 20.6. The number of carboxylic acid groups (broad SMARTS) is 2. The number of quaternary nitrogens is 2. The summed E-state index contributed by atoms with van der Waals surface area (Å²) >= 11 is 0. The molecule has 2 fully saturated rings. The Morgan fingerprint density at radius 3 is 0.885 bits per heavy atom. The number of aliphatic carboxylic acids is 2. The van der Waals surface area contributed by atoms with E-state index in [9.17, 15) is 26.3 Å². The highest BCUT2D eigenvalue weighted by Crippen LogP contribution is 2.12. The number of hydrogen-bond donors (Lipinski definition) is 2. The van der Waals surface area contributed by atoms with Crippen LogP contribution in [0.25, 0.3) is 0 Å². The number of morpholine rings is 2. The Morgan fingerprint density at radius 2 is 0.846 bits per heavy atom. The lowest BCUT2D eigenvalue weighted by Crippen LogP contribution is -2.87. The Bertz CT molecular complexity index is 324. The second-order valence-corrected chi connectivity index (χ2v) is 4.53. The van der Waals surface area contributed by atoms with E-state index in [0.717, 1.165) is 52.6 Å². The van der Waals surface area contributed by atoms with Crippen molar-refractivity contribution in [3.8, 4) is 0 Å². The summed E-state index contributed by atoms with van der Waals surface area (Å²) in [7, 11) is 0. The van der Waals surface area contributed by atoms with Gasteiger partial charge in [0.05, 0.1) is 52.6 Å². The van der Waals surface area contributed by atoms with Crippen molar-refractivity contribution in [2.45, 2.75) is 12.4 Å². The second-order valence-electron chi connectivity index (χ2n) is 4.53. The molecule has 0 bridgehead atoms. The third-order valence-corrected chi connectivity index (χ3v) is 2.33. The van der Waals surface area contributed by atoms with E-state index in [1.54, 1.807) is 0 Å². The number of carboxylic acids is 2. The quantitative estimate of drug-likeness (QED) is 0.395. The maximum atomic E-state index is 10.5. The van der Waals surface area contributed by atoms with Crippen LogP contribution in [0.15, 0.2) is 0 Å². The summed E-state index contributed by atoms with van der Waals surface area (Å²) in [5.41, 5.74) is 0. The molecule has 0 atom stereocenters. The zero-order valence-corrected chi connectivity index (χ0v) is 13.5. The van der Waals surface area contributed by atoms with E-state index in [4.69, 9.17) is 29.3 Å². The molecule has 0 aromatic heterocycles. The minimum absolute atomic E-state index is 0.944. The molecule has 0 radical (unpaired) electrons. The summed E-state index contributed by atoms with van der Waals surface area (Å²) in [5.74, 6) is -6.01. The van der Waals surface area contributed by atoms with Crippen LogP contribution in [0.4, 0.5) is 26.3 Å². The van der Waals surface area contributed by atoms with Crippen LogP contribution in [0.2, 0.25) is 0 Å². The summed E-state index contributed by atoms with van der Waals surface area (Å²) in [4.78, 5) is 17.6. The van der Waals surface area contributed by atoms with Crippen LogP contribution in [0.3, 0.4) is 0 Å². The molecule has 0 unspecified atom stereocenters. The van der Waals surface area contributed by atoms with Gasteiger partial charge in [0.1, 0.15) is 11.9 Å². The fraction of sp³-hybridized carbons (Fsp3) is 0.833. The predicted molar refractivity (Wildman–Crippen MR) is 67.1 cm³/mol. The molecule has 26 heavy (non-hydrogen) atoms. The maximum Gasteiger partial charge on any atom is 0.430 e. The zero-order valence-electron chi connectivity index (χ0n) is 13.5. The average molecular weight is 402 g/mol. The van der Waals surface area contributed by atoms with Crippen LogP contribution in [0.1, 0.15) is 0 Å². The summed E-state index contributed by atoms with van der Waals surface area (Å²) in [6.45, 7) is 8.39. The van der Waals surface area contributed by atoms with Crippen molar-refractivity contribution >= 4 is 11.9 Å². The molecule has 0 saturated carbocycles. The minimum atomic E-state index is -5.19. The van der Waals surface area contributed by atoms with Gasteiger partial charge in [0, 0.05) is 0 Å². The number of carbonyl (C=O) groups is 2. The normalized spacial score (nSPS) is 17.2. The van der Waals surface area contributed by atoms with Gasteiger partial charge in [0.15, 0.2) is 0 Å². The van der Waals surface area contributed by atoms with Crippen LogP contribution in [0.5, 0.6) is 0 Å². The van der Waals surface area contributed by atoms with E-state index >= 15 is 0 Å². The number of alkyl halides is 6. The van der Waals surface area contributed by atoms with Gasteiger partial charge < -0.3 is 39.9 Å². The summed E-state index contributed by atoms with van der Waals surface area (Å²) in [6.07, 6.45) is -10.4. The molecule has 0 aliphatic carbocycles. The molecule has 2 aliphatic rings. The number of nitrogens with two attached hydrogens (primary N) is 2. The second kappa shape index (κ2) is 14.5. The first-order valence-electron chi connectivity index (χ1n) is 7.24. The van der Waals surface area contributed by atoms with Crippen molar-refractivity contribution in [1.29, 1.82) is 0 Å². The lowest BCUT2D eigenvalue weighted by atomic mass is 10.5. The van der Waals surface area contributed by atoms with E-state index in [2.05, 4.69) is 10.6 Å². The highest BCUT2D eigenvalue weighted by molar-refractivity contribution is 5.71. The SMILES string of the molecule is C1COCC[NH2+]1.C1COCC[NH2+]1.O=C([O-])C(F)(F)F.O=C([O-])C(F)(F)F. The smallest absolute Gasteiger partial charge is 0.430 e. The van der Waals surface area contributed by atoms with E-state index in [-0.39, 0.29) is 0 Å². The number of ether oxygens (including phenoxy) is 2. The monoisotopic (exact) mass is 402 g/mol. The number of rotatable bonds is 0. The molecule has 156 valence electrons. The first kappa shape index (κ1) is 26.6. The standard InChI is InChI=1S/2C4H9NO.2C2HF3O2/c2*1-3-6-4-2-5-1;2*3-2(4,5)1(6)7/h2*5H,1-4H2;2*(H,6,7). The molecule has 0 spiro atoms. The van der Waals surface area contributed by atoms with Crippen molar-refractivity contribution < 1.29 is 66.3 Å². The lowest BCUT2D eigenvalue weighted by molar-refractivity contribution is -0.670.